The van der Waals surface area contributed by atoms with Crippen LogP contribution < -0.4 is 0 Å². The van der Waals surface area contributed by atoms with Gasteiger partial charge < -0.3 is 9.67 Å². The van der Waals surface area contributed by atoms with Gasteiger partial charge in [0.15, 0.2) is 0 Å². The summed E-state index contributed by atoms with van der Waals surface area (Å²) in [5, 5.41) is 14.8. The second kappa shape index (κ2) is 5.88. The number of halogens is 1. The molecular formula is C13H19BrN4O. The van der Waals surface area contributed by atoms with Crippen LogP contribution in [0.25, 0.3) is 0 Å². The van der Waals surface area contributed by atoms with E-state index in [0.717, 1.165) is 34.5 Å². The zero-order valence-corrected chi connectivity index (χ0v) is 13.1. The van der Waals surface area contributed by atoms with Crippen LogP contribution in [0.15, 0.2) is 17.0 Å². The van der Waals surface area contributed by atoms with E-state index in [2.05, 4.69) is 32.9 Å². The van der Waals surface area contributed by atoms with Crippen molar-refractivity contribution in [3.8, 4) is 0 Å². The molecule has 2 rings (SSSR count). The first-order chi connectivity index (χ1) is 9.08. The first-order valence-electron chi connectivity index (χ1n) is 6.46. The van der Waals surface area contributed by atoms with Crippen molar-refractivity contribution in [3.05, 3.63) is 34.1 Å². The van der Waals surface area contributed by atoms with Gasteiger partial charge in [0.1, 0.15) is 6.10 Å². The summed E-state index contributed by atoms with van der Waals surface area (Å²) in [5.41, 5.74) is 2.87. The first-order valence-corrected chi connectivity index (χ1v) is 7.26. The van der Waals surface area contributed by atoms with Crippen LogP contribution in [-0.4, -0.2) is 24.4 Å². The van der Waals surface area contributed by atoms with Crippen LogP contribution in [0.4, 0.5) is 0 Å². The Labute approximate surface area is 121 Å². The molecule has 1 atom stereocenters. The first kappa shape index (κ1) is 14.3. The zero-order valence-electron chi connectivity index (χ0n) is 11.5. The number of nitrogens with zero attached hydrogens (tertiary/aromatic N) is 4. The van der Waals surface area contributed by atoms with E-state index in [-0.39, 0.29) is 0 Å². The van der Waals surface area contributed by atoms with Crippen molar-refractivity contribution in [1.82, 2.24) is 19.3 Å². The summed E-state index contributed by atoms with van der Waals surface area (Å²) < 4.78 is 4.79. The number of aliphatic hydroxyl groups is 1. The van der Waals surface area contributed by atoms with Crippen molar-refractivity contribution in [2.45, 2.75) is 39.3 Å². The maximum absolute atomic E-state index is 10.4. The summed E-state index contributed by atoms with van der Waals surface area (Å²) in [6.45, 7) is 4.91. The highest BCUT2D eigenvalue weighted by Gasteiger charge is 2.19. The van der Waals surface area contributed by atoms with Crippen LogP contribution in [0.3, 0.4) is 0 Å². The smallest absolute Gasteiger partial charge is 0.101 e. The molecule has 1 unspecified atom stereocenters. The number of aryl methyl sites for hydroxylation is 3. The van der Waals surface area contributed by atoms with Gasteiger partial charge in [-0.25, -0.2) is 4.98 Å². The van der Waals surface area contributed by atoms with Gasteiger partial charge in [0, 0.05) is 20.0 Å². The number of rotatable bonds is 5. The van der Waals surface area contributed by atoms with Crippen molar-refractivity contribution in [2.24, 2.45) is 7.05 Å². The van der Waals surface area contributed by atoms with E-state index in [9.17, 15) is 5.11 Å². The maximum Gasteiger partial charge on any atom is 0.101 e. The normalized spacial score (nSPS) is 12.9. The molecule has 1 N–H and O–H groups in total. The summed E-state index contributed by atoms with van der Waals surface area (Å²) in [7, 11) is 1.91. The molecule has 0 fully saturated rings. The lowest BCUT2D eigenvalue weighted by molar-refractivity contribution is 0.166. The van der Waals surface area contributed by atoms with Gasteiger partial charge in [0.05, 0.1) is 34.1 Å². The minimum Gasteiger partial charge on any atom is -0.386 e. The molecule has 5 nitrogen and oxygen atoms in total. The van der Waals surface area contributed by atoms with Gasteiger partial charge in [-0.15, -0.1) is 0 Å². The van der Waals surface area contributed by atoms with Crippen LogP contribution >= 0.6 is 15.9 Å². The van der Waals surface area contributed by atoms with Crippen molar-refractivity contribution in [2.75, 3.05) is 0 Å². The minimum absolute atomic E-state index is 0.524. The molecule has 0 aliphatic carbocycles. The predicted octanol–water partition coefficient (Wildman–Crippen LogP) is 2.24. The maximum atomic E-state index is 10.4. The Kier molecular flexibility index (Phi) is 4.42. The molecule has 2 aromatic heterocycles. The molecule has 2 aromatic rings. The molecule has 0 aliphatic heterocycles. The van der Waals surface area contributed by atoms with Crippen molar-refractivity contribution in [3.63, 3.8) is 0 Å². The summed E-state index contributed by atoms with van der Waals surface area (Å²) in [6, 6.07) is 0. The molecule has 19 heavy (non-hydrogen) atoms. The van der Waals surface area contributed by atoms with Crippen molar-refractivity contribution < 1.29 is 5.11 Å². The Morgan fingerprint density at radius 3 is 2.74 bits per heavy atom. The fourth-order valence-electron chi connectivity index (χ4n) is 2.20. The quantitative estimate of drug-likeness (QED) is 0.916. The number of aliphatic hydroxyl groups excluding tert-OH is 1. The van der Waals surface area contributed by atoms with Gasteiger partial charge in [-0.3, -0.25) is 4.68 Å². The van der Waals surface area contributed by atoms with E-state index in [1.165, 1.54) is 0 Å². The Morgan fingerprint density at radius 2 is 2.16 bits per heavy atom. The average molecular weight is 327 g/mol. The number of hydrogen-bond acceptors (Lipinski definition) is 3. The van der Waals surface area contributed by atoms with E-state index >= 15 is 0 Å². The highest BCUT2D eigenvalue weighted by molar-refractivity contribution is 9.10. The molecule has 0 saturated heterocycles. The Morgan fingerprint density at radius 1 is 1.42 bits per heavy atom. The number of hydrogen-bond donors (Lipinski definition) is 1. The molecule has 0 aliphatic rings. The molecular weight excluding hydrogens is 308 g/mol. The third-order valence-corrected chi connectivity index (χ3v) is 4.23. The Bertz CT molecular complexity index is 561. The highest BCUT2D eigenvalue weighted by Crippen LogP contribution is 2.26. The van der Waals surface area contributed by atoms with Gasteiger partial charge in [-0.05, 0) is 29.3 Å². The van der Waals surface area contributed by atoms with Crippen LogP contribution in [0, 0.1) is 0 Å². The SMILES string of the molecule is CCc1nn(C)c(CC(O)c2cncn2CC)c1Br. The van der Waals surface area contributed by atoms with Gasteiger partial charge >= 0.3 is 0 Å². The second-order valence-electron chi connectivity index (χ2n) is 4.51. The lowest BCUT2D eigenvalue weighted by Crippen LogP contribution is -2.11. The summed E-state index contributed by atoms with van der Waals surface area (Å²) in [6.07, 6.45) is 4.29. The summed E-state index contributed by atoms with van der Waals surface area (Å²) in [4.78, 5) is 4.09. The number of aromatic nitrogens is 4. The fourth-order valence-corrected chi connectivity index (χ4v) is 2.98. The topological polar surface area (TPSA) is 55.9 Å². The molecule has 104 valence electrons. The monoisotopic (exact) mass is 326 g/mol. The van der Waals surface area contributed by atoms with Gasteiger partial charge in [-0.2, -0.15) is 5.10 Å². The fraction of sp³-hybridized carbons (Fsp3) is 0.538. The molecule has 0 bridgehead atoms. The van der Waals surface area contributed by atoms with Crippen molar-refractivity contribution >= 4 is 15.9 Å². The predicted molar refractivity (Wildman–Crippen MR) is 76.9 cm³/mol. The van der Waals surface area contributed by atoms with Gasteiger partial charge in [-0.1, -0.05) is 6.92 Å². The third kappa shape index (κ3) is 2.74. The lowest BCUT2D eigenvalue weighted by atomic mass is 10.1. The van der Waals surface area contributed by atoms with Crippen LogP contribution in [0.5, 0.6) is 0 Å². The van der Waals surface area contributed by atoms with E-state index in [0.29, 0.717) is 6.42 Å². The number of imidazole rings is 1. The minimum atomic E-state index is -0.571. The molecule has 0 radical (unpaired) electrons. The summed E-state index contributed by atoms with van der Waals surface area (Å²) in [5.74, 6) is 0. The Balaban J connectivity index is 2.24. The molecule has 0 aromatic carbocycles. The Hall–Kier alpha value is -1.14. The van der Waals surface area contributed by atoms with E-state index in [1.54, 1.807) is 12.5 Å². The molecule has 6 heteroatoms. The van der Waals surface area contributed by atoms with Crippen LogP contribution in [0.2, 0.25) is 0 Å². The van der Waals surface area contributed by atoms with Crippen LogP contribution in [-0.2, 0) is 26.4 Å². The zero-order chi connectivity index (χ0) is 14.0. The molecule has 2 heterocycles. The van der Waals surface area contributed by atoms with E-state index < -0.39 is 6.10 Å². The molecule has 0 amide bonds. The highest BCUT2D eigenvalue weighted by atomic mass is 79.9. The lowest BCUT2D eigenvalue weighted by Gasteiger charge is -2.13. The standard InChI is InChI=1S/C13H19BrN4O/c1-4-9-13(14)10(17(3)16-9)6-12(19)11-7-15-8-18(11)5-2/h7-8,12,19H,4-6H2,1-3H3. The molecule has 0 spiro atoms. The van der Waals surface area contributed by atoms with Gasteiger partial charge in [0.25, 0.3) is 0 Å². The average Bonchev–Trinajstić information content (AvgIpc) is 2.97. The van der Waals surface area contributed by atoms with E-state index in [4.69, 9.17) is 0 Å². The van der Waals surface area contributed by atoms with Gasteiger partial charge in [0.2, 0.25) is 0 Å². The second-order valence-corrected chi connectivity index (χ2v) is 5.30. The summed E-state index contributed by atoms with van der Waals surface area (Å²) >= 11 is 3.57. The largest absolute Gasteiger partial charge is 0.386 e. The third-order valence-electron chi connectivity index (χ3n) is 3.32. The molecule has 0 saturated carbocycles. The van der Waals surface area contributed by atoms with Crippen molar-refractivity contribution in [1.29, 1.82) is 0 Å². The van der Waals surface area contributed by atoms with Crippen LogP contribution in [0.1, 0.15) is 37.0 Å². The van der Waals surface area contributed by atoms with E-state index in [1.807, 2.05) is 23.2 Å².